The fourth-order valence-corrected chi connectivity index (χ4v) is 3.02. The minimum absolute atomic E-state index is 0.0560. The van der Waals surface area contributed by atoms with E-state index in [-0.39, 0.29) is 11.6 Å². The van der Waals surface area contributed by atoms with Gasteiger partial charge in [0.25, 0.3) is 11.8 Å². The molecule has 0 radical (unpaired) electrons. The number of hydrogen-bond donors (Lipinski definition) is 1. The molecule has 6 heteroatoms. The van der Waals surface area contributed by atoms with Crippen molar-refractivity contribution in [2.24, 2.45) is 0 Å². The number of urea groups is 1. The van der Waals surface area contributed by atoms with Gasteiger partial charge in [0.2, 0.25) is 0 Å². The maximum Gasteiger partial charge on any atom is 0.331 e. The molecule has 1 N–H and O–H groups in total. The van der Waals surface area contributed by atoms with Gasteiger partial charge in [-0.25, -0.2) is 4.79 Å². The first-order valence-electron chi connectivity index (χ1n) is 7.53. The van der Waals surface area contributed by atoms with Crippen LogP contribution in [-0.2, 0) is 9.59 Å². The molecule has 2 fully saturated rings. The maximum absolute atomic E-state index is 12.6. The molecular formula is C16H18N2O4. The molecule has 3 rings (SSSR count). The van der Waals surface area contributed by atoms with Crippen LogP contribution in [-0.4, -0.2) is 28.8 Å². The lowest BCUT2D eigenvalue weighted by Crippen LogP contribution is -2.58. The molecule has 2 heterocycles. The highest BCUT2D eigenvalue weighted by Crippen LogP contribution is 2.26. The number of furan rings is 1. The van der Waals surface area contributed by atoms with Crippen molar-refractivity contribution in [1.29, 1.82) is 0 Å². The van der Waals surface area contributed by atoms with Crippen molar-refractivity contribution in [1.82, 2.24) is 10.2 Å². The van der Waals surface area contributed by atoms with E-state index in [1.807, 2.05) is 0 Å². The molecule has 1 saturated carbocycles. The van der Waals surface area contributed by atoms with Crippen LogP contribution in [0.4, 0.5) is 4.79 Å². The smallest absolute Gasteiger partial charge is 0.331 e. The predicted octanol–water partition coefficient (Wildman–Crippen LogP) is 2.38. The van der Waals surface area contributed by atoms with Crippen molar-refractivity contribution < 1.29 is 18.8 Å². The summed E-state index contributed by atoms with van der Waals surface area (Å²) in [5, 5.41) is 2.25. The van der Waals surface area contributed by atoms with Crippen LogP contribution in [0.25, 0.3) is 6.08 Å². The number of imide groups is 2. The van der Waals surface area contributed by atoms with Gasteiger partial charge in [0, 0.05) is 6.04 Å². The average Bonchev–Trinajstić information content (AvgIpc) is 2.90. The highest BCUT2D eigenvalue weighted by atomic mass is 16.3. The lowest BCUT2D eigenvalue weighted by molar-refractivity contribution is -0.132. The number of rotatable bonds is 2. The Morgan fingerprint density at radius 2 is 1.91 bits per heavy atom. The molecule has 1 aliphatic carbocycles. The van der Waals surface area contributed by atoms with Gasteiger partial charge >= 0.3 is 6.03 Å². The van der Waals surface area contributed by atoms with Crippen LogP contribution < -0.4 is 5.32 Å². The lowest BCUT2D eigenvalue weighted by atomic mass is 9.93. The Kier molecular flexibility index (Phi) is 3.83. The van der Waals surface area contributed by atoms with Gasteiger partial charge in [-0.2, -0.15) is 0 Å². The summed E-state index contributed by atoms with van der Waals surface area (Å²) in [5.74, 6) is -0.0875. The number of aryl methyl sites for hydroxylation is 1. The largest absolute Gasteiger partial charge is 0.462 e. The van der Waals surface area contributed by atoms with E-state index >= 15 is 0 Å². The fraction of sp³-hybridized carbons (Fsp3) is 0.438. The van der Waals surface area contributed by atoms with Crippen LogP contribution in [0, 0.1) is 6.92 Å². The molecule has 1 saturated heterocycles. The molecule has 22 heavy (non-hydrogen) atoms. The Morgan fingerprint density at radius 1 is 1.18 bits per heavy atom. The van der Waals surface area contributed by atoms with E-state index in [4.69, 9.17) is 4.42 Å². The zero-order valence-corrected chi connectivity index (χ0v) is 12.4. The number of nitrogens with one attached hydrogen (secondary N) is 1. The van der Waals surface area contributed by atoms with Gasteiger partial charge in [-0.05, 0) is 38.0 Å². The molecule has 6 nitrogen and oxygen atoms in total. The summed E-state index contributed by atoms with van der Waals surface area (Å²) in [6, 6.07) is 2.69. The zero-order valence-electron chi connectivity index (χ0n) is 12.4. The summed E-state index contributed by atoms with van der Waals surface area (Å²) >= 11 is 0. The molecule has 1 aromatic heterocycles. The van der Waals surface area contributed by atoms with Gasteiger partial charge in [-0.1, -0.05) is 19.3 Å². The van der Waals surface area contributed by atoms with Gasteiger partial charge < -0.3 is 4.42 Å². The number of carbonyl (C=O) groups is 3. The van der Waals surface area contributed by atoms with Gasteiger partial charge in [-0.3, -0.25) is 19.8 Å². The van der Waals surface area contributed by atoms with Crippen molar-refractivity contribution in [3.8, 4) is 0 Å². The van der Waals surface area contributed by atoms with Crippen molar-refractivity contribution >= 4 is 23.9 Å². The number of amides is 4. The first kappa shape index (κ1) is 14.6. The number of barbiturate groups is 1. The fourth-order valence-electron chi connectivity index (χ4n) is 3.02. The number of carbonyl (C=O) groups excluding carboxylic acids is 3. The summed E-state index contributed by atoms with van der Waals surface area (Å²) in [6.07, 6.45) is 6.08. The third-order valence-electron chi connectivity index (χ3n) is 4.12. The molecule has 0 atom stereocenters. The van der Waals surface area contributed by atoms with Crippen molar-refractivity contribution in [3.05, 3.63) is 29.2 Å². The molecule has 1 aromatic rings. The molecule has 1 aliphatic heterocycles. The van der Waals surface area contributed by atoms with Crippen molar-refractivity contribution in [2.75, 3.05) is 0 Å². The van der Waals surface area contributed by atoms with E-state index < -0.39 is 17.8 Å². The Hall–Kier alpha value is -2.37. The summed E-state index contributed by atoms with van der Waals surface area (Å²) in [7, 11) is 0. The Labute approximate surface area is 128 Å². The van der Waals surface area contributed by atoms with Gasteiger partial charge in [0.05, 0.1) is 0 Å². The minimum Gasteiger partial charge on any atom is -0.462 e. The maximum atomic E-state index is 12.6. The van der Waals surface area contributed by atoms with Crippen molar-refractivity contribution in [3.63, 3.8) is 0 Å². The summed E-state index contributed by atoms with van der Waals surface area (Å²) in [5.41, 5.74) is -0.0560. The average molecular weight is 302 g/mol. The van der Waals surface area contributed by atoms with Gasteiger partial charge in [0.15, 0.2) is 0 Å². The normalized spacial score (nSPS) is 22.3. The number of hydrogen-bond acceptors (Lipinski definition) is 4. The van der Waals surface area contributed by atoms with Gasteiger partial charge in [0.1, 0.15) is 17.1 Å². The predicted molar refractivity (Wildman–Crippen MR) is 78.7 cm³/mol. The standard InChI is InChI=1S/C16H18N2O4/c1-10-7-8-12(22-10)9-13-14(19)17-16(21)18(15(13)20)11-5-3-2-4-6-11/h7-9,11H,2-6H2,1H3,(H,17,19,21)/b13-9+. The Balaban J connectivity index is 1.90. The molecule has 0 unspecified atom stereocenters. The van der Waals surface area contributed by atoms with Crippen LogP contribution in [0.2, 0.25) is 0 Å². The summed E-state index contributed by atoms with van der Waals surface area (Å²) < 4.78 is 5.38. The highest BCUT2D eigenvalue weighted by molar-refractivity contribution is 6.31. The summed E-state index contributed by atoms with van der Waals surface area (Å²) in [4.78, 5) is 37.8. The van der Waals surface area contributed by atoms with Crippen LogP contribution >= 0.6 is 0 Å². The molecule has 0 aromatic carbocycles. The second kappa shape index (κ2) is 5.79. The highest BCUT2D eigenvalue weighted by Gasteiger charge is 2.40. The quantitative estimate of drug-likeness (QED) is 0.672. The minimum atomic E-state index is -0.670. The second-order valence-electron chi connectivity index (χ2n) is 5.73. The van der Waals surface area contributed by atoms with Crippen LogP contribution in [0.3, 0.4) is 0 Å². The second-order valence-corrected chi connectivity index (χ2v) is 5.73. The van der Waals surface area contributed by atoms with E-state index in [0.717, 1.165) is 32.1 Å². The van der Waals surface area contributed by atoms with Crippen LogP contribution in [0.1, 0.15) is 43.6 Å². The van der Waals surface area contributed by atoms with Crippen molar-refractivity contribution in [2.45, 2.75) is 45.1 Å². The van der Waals surface area contributed by atoms with Gasteiger partial charge in [-0.15, -0.1) is 0 Å². The molecular weight excluding hydrogens is 284 g/mol. The third kappa shape index (κ3) is 2.68. The lowest BCUT2D eigenvalue weighted by Gasteiger charge is -2.35. The first-order valence-corrected chi connectivity index (χ1v) is 7.53. The molecule has 0 bridgehead atoms. The van der Waals surface area contributed by atoms with E-state index in [1.54, 1.807) is 19.1 Å². The first-order chi connectivity index (χ1) is 10.6. The topological polar surface area (TPSA) is 79.6 Å². The number of nitrogens with zero attached hydrogens (tertiary/aromatic N) is 1. The Bertz CT molecular complexity index is 653. The van der Waals surface area contributed by atoms with Crippen LogP contribution in [0.15, 0.2) is 22.1 Å². The van der Waals surface area contributed by atoms with E-state index in [9.17, 15) is 14.4 Å². The van der Waals surface area contributed by atoms with E-state index in [0.29, 0.717) is 11.5 Å². The Morgan fingerprint density at radius 3 is 2.55 bits per heavy atom. The zero-order chi connectivity index (χ0) is 15.7. The third-order valence-corrected chi connectivity index (χ3v) is 4.12. The SMILES string of the molecule is Cc1ccc(/C=C2\C(=O)NC(=O)N(C3CCCCC3)C2=O)o1. The molecule has 4 amide bonds. The van der Waals surface area contributed by atoms with Crippen LogP contribution in [0.5, 0.6) is 0 Å². The van der Waals surface area contributed by atoms with E-state index in [1.165, 1.54) is 11.0 Å². The summed E-state index contributed by atoms with van der Waals surface area (Å²) in [6.45, 7) is 1.78. The molecule has 2 aliphatic rings. The van der Waals surface area contributed by atoms with E-state index in [2.05, 4.69) is 5.32 Å². The molecule has 116 valence electrons. The molecule has 0 spiro atoms. The monoisotopic (exact) mass is 302 g/mol.